The molecule has 4 aromatic rings. The number of anilines is 1. The molecule has 1 N–H and O–H groups in total. The van der Waals surface area contributed by atoms with Crippen molar-refractivity contribution in [3.05, 3.63) is 117 Å². The molecule has 1 aromatic heterocycles. The van der Waals surface area contributed by atoms with Crippen molar-refractivity contribution in [2.45, 2.75) is 50.9 Å². The molecule has 3 aromatic carbocycles. The van der Waals surface area contributed by atoms with E-state index < -0.39 is 46.6 Å². The Morgan fingerprint density at radius 1 is 1.02 bits per heavy atom. The normalized spacial score (nSPS) is 14.8. The molecule has 0 spiro atoms. The number of fused-ring (bicyclic) bond motifs is 1. The van der Waals surface area contributed by atoms with Crippen molar-refractivity contribution in [1.29, 1.82) is 0 Å². The van der Waals surface area contributed by atoms with Crippen LogP contribution in [0.25, 0.3) is 11.1 Å². The fraction of sp³-hybridized carbons (Fsp3) is 0.351. The molecular formula is C37H38F5N3O4. The first kappa shape index (κ1) is 35.6. The van der Waals surface area contributed by atoms with Crippen LogP contribution in [0.4, 0.5) is 27.8 Å². The van der Waals surface area contributed by atoms with Gasteiger partial charge in [0.15, 0.2) is 11.6 Å². The minimum absolute atomic E-state index is 0.00907. The summed E-state index contributed by atoms with van der Waals surface area (Å²) >= 11 is 0. The lowest BCUT2D eigenvalue weighted by molar-refractivity contribution is -0.143. The van der Waals surface area contributed by atoms with Gasteiger partial charge < -0.3 is 14.8 Å². The van der Waals surface area contributed by atoms with Gasteiger partial charge >= 0.3 is 12.1 Å². The van der Waals surface area contributed by atoms with Gasteiger partial charge in [0.1, 0.15) is 11.6 Å². The van der Waals surface area contributed by atoms with Crippen molar-refractivity contribution in [1.82, 2.24) is 9.47 Å². The Morgan fingerprint density at radius 3 is 2.45 bits per heavy atom. The van der Waals surface area contributed by atoms with Gasteiger partial charge in [-0.1, -0.05) is 48.5 Å². The van der Waals surface area contributed by atoms with Crippen LogP contribution in [0.2, 0.25) is 0 Å². The number of benzene rings is 3. The summed E-state index contributed by atoms with van der Waals surface area (Å²) in [6.45, 7) is 2.76. The SMILES string of the molecule is CCOC(=O)CCCN(C)C(c1ccccc1)C1CNc2c(CCc3c(F)cccc3C(F)(F)F)cc(-c3cccc(OC)c3F)c(=O)n21. The van der Waals surface area contributed by atoms with Gasteiger partial charge in [-0.05, 0) is 75.2 Å². The number of pyridine rings is 1. The number of hydrogen-bond donors (Lipinski definition) is 1. The maximum atomic E-state index is 15.7. The highest BCUT2D eigenvalue weighted by atomic mass is 19.4. The predicted octanol–water partition coefficient (Wildman–Crippen LogP) is 7.59. The number of carbonyl (C=O) groups is 1. The Hall–Kier alpha value is -4.71. The van der Waals surface area contributed by atoms with Crippen LogP contribution in [0.3, 0.4) is 0 Å². The van der Waals surface area contributed by atoms with Gasteiger partial charge in [-0.15, -0.1) is 0 Å². The molecule has 1 aliphatic rings. The van der Waals surface area contributed by atoms with Gasteiger partial charge in [-0.3, -0.25) is 19.1 Å². The molecule has 0 bridgehead atoms. The Morgan fingerprint density at radius 2 is 1.76 bits per heavy atom. The number of alkyl halides is 3. The maximum absolute atomic E-state index is 15.7. The molecule has 1 aliphatic heterocycles. The fourth-order valence-corrected chi connectivity index (χ4v) is 6.61. The number of aryl methyl sites for hydroxylation is 1. The van der Waals surface area contributed by atoms with Gasteiger partial charge in [0.25, 0.3) is 5.56 Å². The molecule has 2 unspecified atom stereocenters. The quantitative estimate of drug-likeness (QED) is 0.116. The number of likely N-dealkylation sites (N-methyl/N-ethyl adjacent to an activating group) is 1. The number of hydrogen-bond acceptors (Lipinski definition) is 6. The second kappa shape index (κ2) is 15.2. The number of methoxy groups -OCH3 is 1. The number of rotatable bonds is 13. The predicted molar refractivity (Wildman–Crippen MR) is 177 cm³/mol. The fourth-order valence-electron chi connectivity index (χ4n) is 6.61. The number of halogens is 5. The molecule has 2 heterocycles. The summed E-state index contributed by atoms with van der Waals surface area (Å²) in [5.74, 6) is -1.77. The summed E-state index contributed by atoms with van der Waals surface area (Å²) in [5.41, 5.74) is -0.815. The molecule has 7 nitrogen and oxygen atoms in total. The summed E-state index contributed by atoms with van der Waals surface area (Å²) < 4.78 is 84.0. The zero-order valence-electron chi connectivity index (χ0n) is 27.4. The van der Waals surface area contributed by atoms with Gasteiger partial charge in [0.2, 0.25) is 0 Å². The van der Waals surface area contributed by atoms with E-state index >= 15 is 4.39 Å². The summed E-state index contributed by atoms with van der Waals surface area (Å²) in [4.78, 5) is 28.5. The molecule has 0 radical (unpaired) electrons. The number of carbonyl (C=O) groups excluding carboxylic acids is 1. The van der Waals surface area contributed by atoms with Crippen LogP contribution in [-0.4, -0.2) is 49.3 Å². The van der Waals surface area contributed by atoms with Crippen LogP contribution in [-0.2, 0) is 28.5 Å². The lowest BCUT2D eigenvalue weighted by Gasteiger charge is -2.34. The number of nitrogens with zero attached hydrogens (tertiary/aromatic N) is 2. The molecule has 0 saturated heterocycles. The van der Waals surface area contributed by atoms with Crippen LogP contribution in [0.15, 0.2) is 77.6 Å². The molecule has 0 aliphatic carbocycles. The lowest BCUT2D eigenvalue weighted by Crippen LogP contribution is -2.37. The molecule has 12 heteroatoms. The van der Waals surface area contributed by atoms with E-state index in [-0.39, 0.29) is 55.3 Å². The summed E-state index contributed by atoms with van der Waals surface area (Å²) in [5, 5.41) is 3.30. The van der Waals surface area contributed by atoms with Crippen molar-refractivity contribution in [3.63, 3.8) is 0 Å². The van der Waals surface area contributed by atoms with E-state index in [9.17, 15) is 27.2 Å². The Labute approximate surface area is 281 Å². The van der Waals surface area contributed by atoms with E-state index in [1.165, 1.54) is 29.9 Å². The van der Waals surface area contributed by atoms with E-state index in [2.05, 4.69) is 5.32 Å². The topological polar surface area (TPSA) is 72.8 Å². The average Bonchev–Trinajstić information content (AvgIpc) is 3.51. The number of aromatic nitrogens is 1. The highest BCUT2D eigenvalue weighted by molar-refractivity contribution is 5.70. The van der Waals surface area contributed by atoms with Crippen LogP contribution in [0.5, 0.6) is 5.75 Å². The van der Waals surface area contributed by atoms with Gasteiger partial charge in [0, 0.05) is 24.1 Å². The first-order valence-electron chi connectivity index (χ1n) is 16.1. The second-order valence-corrected chi connectivity index (χ2v) is 11.9. The smallest absolute Gasteiger partial charge is 0.416 e. The van der Waals surface area contributed by atoms with Crippen LogP contribution < -0.4 is 15.6 Å². The van der Waals surface area contributed by atoms with Crippen molar-refractivity contribution in [2.75, 3.05) is 39.2 Å². The second-order valence-electron chi connectivity index (χ2n) is 11.9. The van der Waals surface area contributed by atoms with Gasteiger partial charge in [-0.25, -0.2) is 8.78 Å². The van der Waals surface area contributed by atoms with Crippen molar-refractivity contribution < 1.29 is 36.2 Å². The molecule has 0 amide bonds. The first-order chi connectivity index (χ1) is 23.5. The highest BCUT2D eigenvalue weighted by Gasteiger charge is 2.37. The minimum atomic E-state index is -4.77. The monoisotopic (exact) mass is 683 g/mol. The first-order valence-corrected chi connectivity index (χ1v) is 16.1. The molecule has 260 valence electrons. The standard InChI is InChI=1S/C37H38F5N3O4/c1-4-49-32(46)17-10-20-44(2)34(23-11-6-5-7-12-23)30-22-43-35-24(18-19-26-28(37(40,41)42)14-9-15-29(26)38)21-27(36(47)45(30)35)25-13-8-16-31(48-3)33(25)39/h5-9,11-16,21,30,34,43H,4,10,17-20,22H2,1-3H3. The van der Waals surface area contributed by atoms with Crippen LogP contribution in [0.1, 0.15) is 54.1 Å². The Balaban J connectivity index is 1.63. The number of nitrogens with one attached hydrogen (secondary N) is 1. The Kier molecular flexibility index (Phi) is 11.1. The summed E-state index contributed by atoms with van der Waals surface area (Å²) in [6.07, 6.45) is -4.48. The summed E-state index contributed by atoms with van der Waals surface area (Å²) in [6, 6.07) is 17.2. The van der Waals surface area contributed by atoms with E-state index in [1.54, 1.807) is 13.0 Å². The number of ether oxygens (including phenoxy) is 2. The van der Waals surface area contributed by atoms with Gasteiger partial charge in [0.05, 0.1) is 36.9 Å². The maximum Gasteiger partial charge on any atom is 0.416 e. The molecule has 0 saturated carbocycles. The van der Waals surface area contributed by atoms with E-state index in [1.807, 2.05) is 42.3 Å². The third-order valence-electron chi connectivity index (χ3n) is 8.84. The third kappa shape index (κ3) is 7.64. The van der Waals surface area contributed by atoms with E-state index in [0.29, 0.717) is 24.3 Å². The van der Waals surface area contributed by atoms with E-state index in [0.717, 1.165) is 23.8 Å². The molecule has 49 heavy (non-hydrogen) atoms. The summed E-state index contributed by atoms with van der Waals surface area (Å²) in [7, 11) is 3.19. The van der Waals surface area contributed by atoms with Crippen molar-refractivity contribution >= 4 is 11.8 Å². The highest BCUT2D eigenvalue weighted by Crippen LogP contribution is 2.40. The third-order valence-corrected chi connectivity index (χ3v) is 8.84. The minimum Gasteiger partial charge on any atom is -0.494 e. The molecular weight excluding hydrogens is 645 g/mol. The average molecular weight is 684 g/mol. The van der Waals surface area contributed by atoms with Crippen LogP contribution >= 0.6 is 0 Å². The van der Waals surface area contributed by atoms with Gasteiger partial charge in [-0.2, -0.15) is 13.2 Å². The van der Waals surface area contributed by atoms with Crippen molar-refractivity contribution in [3.8, 4) is 16.9 Å². The molecule has 5 rings (SSSR count). The lowest BCUT2D eigenvalue weighted by atomic mass is 9.95. The van der Waals surface area contributed by atoms with Crippen LogP contribution in [0, 0.1) is 11.6 Å². The largest absolute Gasteiger partial charge is 0.494 e. The number of esters is 1. The molecule has 2 atom stereocenters. The van der Waals surface area contributed by atoms with Crippen molar-refractivity contribution in [2.24, 2.45) is 0 Å². The Bertz CT molecular complexity index is 1840. The van der Waals surface area contributed by atoms with E-state index in [4.69, 9.17) is 9.47 Å². The zero-order chi connectivity index (χ0) is 35.3. The molecule has 0 fully saturated rings. The zero-order valence-corrected chi connectivity index (χ0v) is 27.4.